The van der Waals surface area contributed by atoms with Crippen molar-refractivity contribution in [3.8, 4) is 84.4 Å². The molecule has 0 atom stereocenters. The first-order chi connectivity index (χ1) is 65.5. The van der Waals surface area contributed by atoms with Crippen LogP contribution in [0.2, 0.25) is 0 Å². The number of hydrogen-bond donors (Lipinski definition) is 0. The molecular weight excluding hydrogens is 1680 g/mol. The molecule has 10 heteroatoms. The zero-order valence-electron chi connectivity index (χ0n) is 83.5. The largest absolute Gasteiger partial charge is 0.494 e. The summed E-state index contributed by atoms with van der Waals surface area (Å²) in [4.78, 5) is 0. The summed E-state index contributed by atoms with van der Waals surface area (Å²) < 4.78 is 104. The van der Waals surface area contributed by atoms with Gasteiger partial charge >= 0.3 is 0 Å². The van der Waals surface area contributed by atoms with Gasteiger partial charge in [0.15, 0.2) is 0 Å². The number of rotatable bonds is 30. The molecule has 0 saturated heterocycles. The second kappa shape index (κ2) is 43.1. The van der Waals surface area contributed by atoms with E-state index in [1.165, 1.54) is 222 Å². The Bertz CT molecular complexity index is 5460. The summed E-state index contributed by atoms with van der Waals surface area (Å²) in [6.07, 6.45) is 50.6. The van der Waals surface area contributed by atoms with Crippen LogP contribution in [-0.4, -0.2) is 33.0 Å². The molecule has 10 bridgehead atoms. The third-order valence-corrected chi connectivity index (χ3v) is 36.3. The summed E-state index contributed by atoms with van der Waals surface area (Å²) in [5.41, 5.74) is 17.5. The molecule has 0 amide bonds. The molecule has 135 heavy (non-hydrogen) atoms. The van der Waals surface area contributed by atoms with E-state index < -0.39 is 0 Å². The van der Waals surface area contributed by atoms with Crippen LogP contribution >= 0.6 is 0 Å². The zero-order valence-corrected chi connectivity index (χ0v) is 83.5. The van der Waals surface area contributed by atoms with Crippen LogP contribution in [0.25, 0.3) is 55.6 Å². The molecule has 15 aliphatic carbocycles. The fourth-order valence-electron chi connectivity index (χ4n) is 27.4. The highest BCUT2D eigenvalue weighted by Crippen LogP contribution is 2.66. The molecule has 25 rings (SSSR count). The first-order valence-corrected chi connectivity index (χ1v) is 53.1. The van der Waals surface area contributed by atoms with E-state index in [1.54, 1.807) is 0 Å². The lowest BCUT2D eigenvalue weighted by molar-refractivity contribution is 0.0304. The monoisotopic (exact) mass is 1830 g/mol. The Morgan fingerprint density at radius 1 is 0.222 bits per heavy atom. The van der Waals surface area contributed by atoms with Crippen molar-refractivity contribution in [3.05, 3.63) is 269 Å². The van der Waals surface area contributed by atoms with Gasteiger partial charge in [0, 0.05) is 39.9 Å². The third kappa shape index (κ3) is 21.1. The van der Waals surface area contributed by atoms with E-state index in [0.29, 0.717) is 88.3 Å². The Kier molecular flexibility index (Phi) is 31.6. The second-order valence-electron chi connectivity index (χ2n) is 43.5. The van der Waals surface area contributed by atoms with Crippen LogP contribution in [0.5, 0.6) is 28.7 Å². The minimum Gasteiger partial charge on any atom is -0.494 e. The van der Waals surface area contributed by atoms with Crippen LogP contribution in [0.15, 0.2) is 212 Å². The minimum atomic E-state index is -0.182. The van der Waals surface area contributed by atoms with Gasteiger partial charge in [0.25, 0.3) is 0 Å². The van der Waals surface area contributed by atoms with Gasteiger partial charge in [0.2, 0.25) is 0 Å². The molecule has 0 spiro atoms. The summed E-state index contributed by atoms with van der Waals surface area (Å²) in [5.74, 6) is 3.32. The van der Waals surface area contributed by atoms with Gasteiger partial charge in [-0.05, 0) is 417 Å². The van der Waals surface area contributed by atoms with E-state index in [4.69, 9.17) is 23.7 Å². The normalized spacial score (nSPS) is 26.9. The summed E-state index contributed by atoms with van der Waals surface area (Å²) in [6.45, 7) is 24.4. The Balaban J connectivity index is 0.000000123. The molecular formula is C125H155F5O5. The van der Waals surface area contributed by atoms with Gasteiger partial charge in [-0.3, -0.25) is 0 Å². The van der Waals surface area contributed by atoms with Gasteiger partial charge in [0.1, 0.15) is 57.8 Å². The highest BCUT2D eigenvalue weighted by Gasteiger charge is 2.55. The molecule has 0 N–H and O–H groups in total. The van der Waals surface area contributed by atoms with Gasteiger partial charge < -0.3 is 23.7 Å². The maximum atomic E-state index is 15.7. The maximum absolute atomic E-state index is 15.7. The first-order valence-electron chi connectivity index (χ1n) is 53.1. The Hall–Kier alpha value is -9.15. The van der Waals surface area contributed by atoms with Gasteiger partial charge in [-0.15, -0.1) is 0 Å². The molecule has 720 valence electrons. The fourth-order valence-corrected chi connectivity index (χ4v) is 27.4. The molecule has 15 aliphatic rings. The molecule has 0 aromatic heterocycles. The third-order valence-electron chi connectivity index (χ3n) is 36.3. The smallest absolute Gasteiger partial charge is 0.134 e. The number of halogens is 5. The second-order valence-corrected chi connectivity index (χ2v) is 43.5. The molecule has 5 nitrogen and oxygen atoms in total. The maximum Gasteiger partial charge on any atom is 0.134 e. The van der Waals surface area contributed by atoms with Crippen LogP contribution in [0, 0.1) is 56.2 Å². The lowest BCUT2D eigenvalue weighted by atomic mass is 9.50. The standard InChI is InChI=1S/C27H35FO.C26H33FO.C25H31FO.C24H29FO.C23H27FO/c1-3-5-8-13-26-14-17-27(18-15-26,19-16-26)24-10-7-6-9-22(24)23-12-11-21(29-4-2)20-25(23)28;1-3-5-12-25-13-16-26(17-14-25,18-15-25)23-9-7-6-8-21(23)22-11-10-20(28-4-2)19-24(22)27;1-3-12-24-13-16-25(17-14-24,18-15-24)22-7-5-6-21(23(22)26)19-8-10-20(11-9-19)27-4-2;1-3-23-12-15-24(16-13-23,17-14-23)21-7-5-6-20(22(21)25)18-8-10-19(11-9-18)26-4-2;1-3-25-18-9-7-17(8-10-18)19-5-4-6-20(21(19)24)23-14-11-22(2,12-15-23)13-16-23/h6-7,9-12,20H,3-5,8,13-19H2,1-2H3;6-11,19H,3-5,12-18H2,1-2H3;5-11H,3-4,12-18H2,1-2H3;5-11H,3-4,12-17H2,1-2H3;4-10H,3,11-16H2,1-2H3. The van der Waals surface area contributed by atoms with E-state index in [2.05, 4.69) is 71.0 Å². The lowest BCUT2D eigenvalue weighted by Gasteiger charge is -2.54. The van der Waals surface area contributed by atoms with Crippen LogP contribution in [0.1, 0.15) is 354 Å². The SMILES string of the molecule is CCCC12CCC(c3cccc(-c4ccc(OCC)cc4)c3F)(CC1)CC2.CCCCC12CCC(c3ccccc3-c3ccc(OCC)cc3F)(CC1)CC2.CCCCCC12CCC(c3ccccc3-c3ccc(OCC)cc3F)(CC1)CC2.CCOc1ccc(-c2cccc(C34CCC(C)(CC3)CC4)c2F)cc1.CCOc1ccc(-c2cccc(C34CCC(CC)(CC3)CC4)c2F)cc1. The van der Waals surface area contributed by atoms with Gasteiger partial charge in [-0.1, -0.05) is 219 Å². The quantitative estimate of drug-likeness (QED) is 0.0332. The Morgan fingerprint density at radius 2 is 0.481 bits per heavy atom. The molecule has 0 heterocycles. The summed E-state index contributed by atoms with van der Waals surface area (Å²) in [7, 11) is 0. The summed E-state index contributed by atoms with van der Waals surface area (Å²) in [6, 6.07) is 69.1. The lowest BCUT2D eigenvalue weighted by Crippen LogP contribution is -2.44. The van der Waals surface area contributed by atoms with E-state index in [1.807, 2.05) is 198 Å². The first kappa shape index (κ1) is 98.9. The van der Waals surface area contributed by atoms with Crippen molar-refractivity contribution in [1.29, 1.82) is 0 Å². The number of fused-ring (bicyclic) bond motifs is 15. The van der Waals surface area contributed by atoms with E-state index in [9.17, 15) is 8.78 Å². The van der Waals surface area contributed by atoms with E-state index in [0.717, 1.165) is 131 Å². The topological polar surface area (TPSA) is 46.2 Å². The van der Waals surface area contributed by atoms with Crippen molar-refractivity contribution in [2.75, 3.05) is 33.0 Å². The number of unbranched alkanes of at least 4 members (excludes halogenated alkanes) is 3. The highest BCUT2D eigenvalue weighted by molar-refractivity contribution is 5.73. The minimum absolute atomic E-state index is 0.00782. The van der Waals surface area contributed by atoms with Crippen LogP contribution in [0.3, 0.4) is 0 Å². The van der Waals surface area contributed by atoms with Crippen molar-refractivity contribution in [1.82, 2.24) is 0 Å². The van der Waals surface area contributed by atoms with Crippen molar-refractivity contribution < 1.29 is 45.6 Å². The predicted octanol–water partition coefficient (Wildman–Crippen LogP) is 36.4. The number of hydrogen-bond acceptors (Lipinski definition) is 5. The van der Waals surface area contributed by atoms with E-state index in [-0.39, 0.29) is 56.2 Å². The average molecular weight is 1830 g/mol. The van der Waals surface area contributed by atoms with Gasteiger partial charge in [0.05, 0.1) is 33.0 Å². The van der Waals surface area contributed by atoms with Gasteiger partial charge in [-0.25, -0.2) is 22.0 Å². The van der Waals surface area contributed by atoms with Gasteiger partial charge in [-0.2, -0.15) is 0 Å². The molecule has 0 radical (unpaired) electrons. The number of benzene rings is 10. The Labute approximate surface area is 807 Å². The fraction of sp³-hybridized carbons (Fsp3) is 0.520. The van der Waals surface area contributed by atoms with Crippen molar-refractivity contribution >= 4 is 0 Å². The Morgan fingerprint density at radius 3 is 0.778 bits per heavy atom. The van der Waals surface area contributed by atoms with Crippen LogP contribution < -0.4 is 23.7 Å². The molecule has 10 aromatic carbocycles. The summed E-state index contributed by atoms with van der Waals surface area (Å²) in [5, 5.41) is 0. The zero-order chi connectivity index (χ0) is 94.5. The molecule has 0 aliphatic heterocycles. The van der Waals surface area contributed by atoms with Crippen molar-refractivity contribution in [2.24, 2.45) is 27.1 Å². The van der Waals surface area contributed by atoms with Crippen LogP contribution in [0.4, 0.5) is 22.0 Å². The summed E-state index contributed by atoms with van der Waals surface area (Å²) >= 11 is 0. The molecule has 15 saturated carbocycles. The highest BCUT2D eigenvalue weighted by atomic mass is 19.1. The molecule has 10 aromatic rings. The van der Waals surface area contributed by atoms with Crippen LogP contribution in [-0.2, 0) is 27.1 Å². The van der Waals surface area contributed by atoms with Crippen molar-refractivity contribution in [3.63, 3.8) is 0 Å². The number of ether oxygens (including phenoxy) is 5. The molecule has 0 unspecified atom stereocenters. The average Bonchev–Trinajstić information content (AvgIpc) is 0.739. The van der Waals surface area contributed by atoms with E-state index >= 15 is 13.2 Å². The van der Waals surface area contributed by atoms with Crippen molar-refractivity contribution in [2.45, 2.75) is 353 Å². The predicted molar refractivity (Wildman–Crippen MR) is 549 cm³/mol. The molecule has 15 fully saturated rings.